The van der Waals surface area contributed by atoms with Gasteiger partial charge in [0.2, 0.25) is 0 Å². The minimum atomic E-state index is 0.331. The number of rotatable bonds is 5. The SMILES string of the molecule is COC1CN(Cc2cn(CCN)nn2)CCC1C. The molecule has 2 heterocycles. The van der Waals surface area contributed by atoms with Crippen molar-refractivity contribution in [3.8, 4) is 0 Å². The minimum Gasteiger partial charge on any atom is -0.380 e. The van der Waals surface area contributed by atoms with Gasteiger partial charge in [-0.1, -0.05) is 12.1 Å². The second-order valence-corrected chi connectivity index (χ2v) is 5.04. The van der Waals surface area contributed by atoms with E-state index >= 15 is 0 Å². The van der Waals surface area contributed by atoms with E-state index in [9.17, 15) is 0 Å². The van der Waals surface area contributed by atoms with Crippen LogP contribution in [0.25, 0.3) is 0 Å². The lowest BCUT2D eigenvalue weighted by atomic mass is 9.96. The summed E-state index contributed by atoms with van der Waals surface area (Å²) in [6.45, 7) is 6.49. The van der Waals surface area contributed by atoms with Crippen molar-refractivity contribution in [2.24, 2.45) is 11.7 Å². The van der Waals surface area contributed by atoms with Crippen LogP contribution in [0.5, 0.6) is 0 Å². The summed E-state index contributed by atoms with van der Waals surface area (Å²) in [6.07, 6.45) is 3.49. The molecule has 0 aliphatic carbocycles. The van der Waals surface area contributed by atoms with Gasteiger partial charge in [0.15, 0.2) is 0 Å². The van der Waals surface area contributed by atoms with Crippen molar-refractivity contribution < 1.29 is 4.74 Å². The van der Waals surface area contributed by atoms with E-state index in [-0.39, 0.29) is 0 Å². The minimum absolute atomic E-state index is 0.331. The van der Waals surface area contributed by atoms with Crippen molar-refractivity contribution >= 4 is 0 Å². The molecule has 2 N–H and O–H groups in total. The fourth-order valence-corrected chi connectivity index (χ4v) is 2.43. The standard InChI is InChI=1S/C12H23N5O/c1-10-3-5-16(9-12(10)18-2)7-11-8-17(6-4-13)15-14-11/h8,10,12H,3-7,9,13H2,1-2H3. The average Bonchev–Trinajstić information content (AvgIpc) is 2.80. The van der Waals surface area contributed by atoms with Crippen molar-refractivity contribution in [1.82, 2.24) is 19.9 Å². The molecule has 1 aliphatic heterocycles. The molecule has 2 atom stereocenters. The van der Waals surface area contributed by atoms with Gasteiger partial charge in [-0.2, -0.15) is 0 Å². The fraction of sp³-hybridized carbons (Fsp3) is 0.833. The predicted molar refractivity (Wildman–Crippen MR) is 68.9 cm³/mol. The van der Waals surface area contributed by atoms with Crippen LogP contribution in [0, 0.1) is 5.92 Å². The van der Waals surface area contributed by atoms with Gasteiger partial charge >= 0.3 is 0 Å². The molecular formula is C12H23N5O. The molecule has 102 valence electrons. The second kappa shape index (κ2) is 6.26. The molecule has 6 nitrogen and oxygen atoms in total. The van der Waals surface area contributed by atoms with Crippen LogP contribution in [0.15, 0.2) is 6.20 Å². The van der Waals surface area contributed by atoms with Crippen LogP contribution in [-0.2, 0) is 17.8 Å². The third kappa shape index (κ3) is 3.28. The summed E-state index contributed by atoms with van der Waals surface area (Å²) in [5.74, 6) is 0.638. The molecule has 18 heavy (non-hydrogen) atoms. The van der Waals surface area contributed by atoms with Crippen LogP contribution >= 0.6 is 0 Å². The first-order chi connectivity index (χ1) is 8.72. The van der Waals surface area contributed by atoms with E-state index in [0.29, 0.717) is 18.6 Å². The van der Waals surface area contributed by atoms with Crippen LogP contribution in [0.2, 0.25) is 0 Å². The molecule has 2 unspecified atom stereocenters. The number of ether oxygens (including phenoxy) is 1. The second-order valence-electron chi connectivity index (χ2n) is 5.04. The molecule has 0 saturated carbocycles. The fourth-order valence-electron chi connectivity index (χ4n) is 2.43. The molecule has 1 fully saturated rings. The van der Waals surface area contributed by atoms with Crippen molar-refractivity contribution in [1.29, 1.82) is 0 Å². The number of nitrogens with two attached hydrogens (primary N) is 1. The molecule has 6 heteroatoms. The summed E-state index contributed by atoms with van der Waals surface area (Å²) in [7, 11) is 1.79. The monoisotopic (exact) mass is 253 g/mol. The Kier molecular flexibility index (Phi) is 4.68. The lowest BCUT2D eigenvalue weighted by Crippen LogP contribution is -2.43. The molecule has 0 aromatic carbocycles. The first-order valence-corrected chi connectivity index (χ1v) is 6.57. The van der Waals surface area contributed by atoms with Crippen LogP contribution in [0.3, 0.4) is 0 Å². The first-order valence-electron chi connectivity index (χ1n) is 6.57. The zero-order chi connectivity index (χ0) is 13.0. The number of methoxy groups -OCH3 is 1. The highest BCUT2D eigenvalue weighted by Gasteiger charge is 2.26. The summed E-state index contributed by atoms with van der Waals surface area (Å²) >= 11 is 0. The highest BCUT2D eigenvalue weighted by atomic mass is 16.5. The Morgan fingerprint density at radius 2 is 2.39 bits per heavy atom. The van der Waals surface area contributed by atoms with Gasteiger partial charge in [0.05, 0.1) is 18.3 Å². The maximum atomic E-state index is 5.52. The quantitative estimate of drug-likeness (QED) is 0.805. The normalized spacial score (nSPS) is 25.5. The number of aromatic nitrogens is 3. The highest BCUT2D eigenvalue weighted by molar-refractivity contribution is 4.93. The number of hydrogen-bond donors (Lipinski definition) is 1. The molecule has 0 amide bonds. The van der Waals surface area contributed by atoms with Gasteiger partial charge in [-0.3, -0.25) is 9.58 Å². The lowest BCUT2D eigenvalue weighted by Gasteiger charge is -2.35. The van der Waals surface area contributed by atoms with Crippen LogP contribution < -0.4 is 5.73 Å². The summed E-state index contributed by atoms with van der Waals surface area (Å²) in [4.78, 5) is 2.38. The van der Waals surface area contributed by atoms with Crippen LogP contribution in [-0.4, -0.2) is 52.7 Å². The Morgan fingerprint density at radius 1 is 1.56 bits per heavy atom. The van der Waals surface area contributed by atoms with Crippen LogP contribution in [0.4, 0.5) is 0 Å². The van der Waals surface area contributed by atoms with E-state index in [2.05, 4.69) is 22.1 Å². The summed E-state index contributed by atoms with van der Waals surface area (Å²) in [6, 6.07) is 0. The maximum absolute atomic E-state index is 5.52. The molecule has 1 aromatic rings. The highest BCUT2D eigenvalue weighted by Crippen LogP contribution is 2.20. The maximum Gasteiger partial charge on any atom is 0.0967 e. The molecular weight excluding hydrogens is 230 g/mol. The van der Waals surface area contributed by atoms with Crippen molar-refractivity contribution in [3.63, 3.8) is 0 Å². The predicted octanol–water partition coefficient (Wildman–Crippen LogP) is 0.0936. The third-order valence-electron chi connectivity index (χ3n) is 3.61. The smallest absolute Gasteiger partial charge is 0.0967 e. The van der Waals surface area contributed by atoms with E-state index < -0.39 is 0 Å². The Bertz CT molecular complexity index is 367. The third-order valence-corrected chi connectivity index (χ3v) is 3.61. The molecule has 0 bridgehead atoms. The number of hydrogen-bond acceptors (Lipinski definition) is 5. The van der Waals surface area contributed by atoms with E-state index in [4.69, 9.17) is 10.5 Å². The van der Waals surface area contributed by atoms with Gasteiger partial charge in [0.1, 0.15) is 0 Å². The Labute approximate surface area is 108 Å². The van der Waals surface area contributed by atoms with Crippen molar-refractivity contribution in [2.75, 3.05) is 26.7 Å². The van der Waals surface area contributed by atoms with E-state index in [1.165, 1.54) is 6.42 Å². The summed E-state index contributed by atoms with van der Waals surface area (Å²) in [5, 5.41) is 8.23. The van der Waals surface area contributed by atoms with Gasteiger partial charge in [-0.15, -0.1) is 5.10 Å². The Hall–Kier alpha value is -0.980. The van der Waals surface area contributed by atoms with Crippen molar-refractivity contribution in [2.45, 2.75) is 32.5 Å². The zero-order valence-corrected chi connectivity index (χ0v) is 11.2. The average molecular weight is 253 g/mol. The van der Waals surface area contributed by atoms with Gasteiger partial charge in [-0.25, -0.2) is 0 Å². The molecule has 1 saturated heterocycles. The van der Waals surface area contributed by atoms with E-state index in [1.807, 2.05) is 6.20 Å². The lowest BCUT2D eigenvalue weighted by molar-refractivity contribution is -0.00779. The molecule has 1 aromatic heterocycles. The molecule has 1 aliphatic rings. The largest absolute Gasteiger partial charge is 0.380 e. The topological polar surface area (TPSA) is 69.2 Å². The van der Waals surface area contributed by atoms with E-state index in [1.54, 1.807) is 11.8 Å². The Balaban J connectivity index is 1.88. The van der Waals surface area contributed by atoms with Crippen molar-refractivity contribution in [3.05, 3.63) is 11.9 Å². The first kappa shape index (κ1) is 13.5. The number of nitrogens with zero attached hydrogens (tertiary/aromatic N) is 4. The van der Waals surface area contributed by atoms with Crippen LogP contribution in [0.1, 0.15) is 19.0 Å². The van der Waals surface area contributed by atoms with Gasteiger partial charge in [0, 0.05) is 32.9 Å². The summed E-state index contributed by atoms with van der Waals surface area (Å²) < 4.78 is 7.32. The number of likely N-dealkylation sites (tertiary alicyclic amines) is 1. The molecule has 0 spiro atoms. The van der Waals surface area contributed by atoms with Gasteiger partial charge < -0.3 is 10.5 Å². The molecule has 2 rings (SSSR count). The van der Waals surface area contributed by atoms with Gasteiger partial charge in [-0.05, 0) is 18.9 Å². The summed E-state index contributed by atoms with van der Waals surface area (Å²) in [5.41, 5.74) is 6.50. The Morgan fingerprint density at radius 3 is 3.11 bits per heavy atom. The van der Waals surface area contributed by atoms with Gasteiger partial charge in [0.25, 0.3) is 0 Å². The number of piperidine rings is 1. The zero-order valence-electron chi connectivity index (χ0n) is 11.2. The van der Waals surface area contributed by atoms with E-state index in [0.717, 1.165) is 31.9 Å². The molecule has 0 radical (unpaired) electrons.